The van der Waals surface area contributed by atoms with Gasteiger partial charge in [0.25, 0.3) is 5.56 Å². The van der Waals surface area contributed by atoms with E-state index in [0.717, 1.165) is 60.2 Å². The molecule has 0 atom stereocenters. The molecular formula is C31H36N8O2. The van der Waals surface area contributed by atoms with Crippen LogP contribution in [0, 0.1) is 11.8 Å². The van der Waals surface area contributed by atoms with Gasteiger partial charge in [-0.15, -0.1) is 10.2 Å². The topological polar surface area (TPSA) is 116 Å². The molecule has 212 valence electrons. The van der Waals surface area contributed by atoms with E-state index < -0.39 is 0 Å². The molecule has 10 nitrogen and oxygen atoms in total. The summed E-state index contributed by atoms with van der Waals surface area (Å²) in [5.74, 6) is 2.05. The zero-order chi connectivity index (χ0) is 28.5. The molecule has 0 saturated heterocycles. The Morgan fingerprint density at radius 1 is 0.976 bits per heavy atom. The molecule has 5 aromatic rings. The van der Waals surface area contributed by atoms with Crippen molar-refractivity contribution in [3.05, 3.63) is 80.8 Å². The Morgan fingerprint density at radius 3 is 2.39 bits per heavy atom. The molecule has 1 saturated carbocycles. The van der Waals surface area contributed by atoms with Crippen molar-refractivity contribution in [1.29, 1.82) is 0 Å². The second-order valence-corrected chi connectivity index (χ2v) is 11.5. The van der Waals surface area contributed by atoms with Gasteiger partial charge >= 0.3 is 5.69 Å². The number of nitrogens with one attached hydrogen (secondary N) is 1. The normalized spacial score (nSPS) is 13.5. The maximum Gasteiger partial charge on any atom is 0.332 e. The molecule has 1 fully saturated rings. The van der Waals surface area contributed by atoms with Crippen LogP contribution in [0.4, 0.5) is 0 Å². The van der Waals surface area contributed by atoms with E-state index in [-0.39, 0.29) is 17.2 Å². The molecule has 0 spiro atoms. The van der Waals surface area contributed by atoms with E-state index in [4.69, 9.17) is 4.98 Å². The van der Waals surface area contributed by atoms with Gasteiger partial charge in [-0.3, -0.25) is 13.9 Å². The Labute approximate surface area is 238 Å². The number of aromatic nitrogens is 8. The smallest absolute Gasteiger partial charge is 0.318 e. The number of aromatic amines is 1. The van der Waals surface area contributed by atoms with Crippen LogP contribution >= 0.6 is 0 Å². The molecule has 0 amide bonds. The van der Waals surface area contributed by atoms with Crippen molar-refractivity contribution < 1.29 is 0 Å². The van der Waals surface area contributed by atoms with Crippen molar-refractivity contribution in [3.63, 3.8) is 0 Å². The molecule has 0 bridgehead atoms. The molecule has 6 rings (SSSR count). The highest BCUT2D eigenvalue weighted by Crippen LogP contribution is 2.31. The standard InChI is InChI=1S/C31H36N8O2/c1-4-5-10-26-32-29-27(30(40)39(19-21-11-12-21)31(41)38(29)17-20(2)3)37(26)18-22-13-15-23(16-14-22)24-8-6-7-9-25(24)28-33-35-36-34-28/h6-9,13-16,20-21H,4-5,10-12,17-19H2,1-3H3,(H,33,34,35,36). The molecule has 1 aliphatic rings. The lowest BCUT2D eigenvalue weighted by atomic mass is 9.98. The van der Waals surface area contributed by atoms with Crippen LogP contribution in [0.25, 0.3) is 33.7 Å². The van der Waals surface area contributed by atoms with Gasteiger partial charge in [-0.1, -0.05) is 75.7 Å². The molecule has 1 aliphatic carbocycles. The molecule has 0 radical (unpaired) electrons. The van der Waals surface area contributed by atoms with E-state index >= 15 is 0 Å². The van der Waals surface area contributed by atoms with Gasteiger partial charge in [0.05, 0.1) is 0 Å². The molecule has 3 heterocycles. The number of fused-ring (bicyclic) bond motifs is 1. The number of nitrogens with zero attached hydrogens (tertiary/aromatic N) is 7. The van der Waals surface area contributed by atoms with Gasteiger partial charge < -0.3 is 4.57 Å². The first-order valence-corrected chi connectivity index (χ1v) is 14.6. The van der Waals surface area contributed by atoms with Crippen LogP contribution in [-0.4, -0.2) is 39.3 Å². The van der Waals surface area contributed by atoms with Crippen molar-refractivity contribution in [2.75, 3.05) is 0 Å². The summed E-state index contributed by atoms with van der Waals surface area (Å²) in [4.78, 5) is 32.4. The minimum absolute atomic E-state index is 0.224. The number of unbranched alkanes of at least 4 members (excludes halogenated alkanes) is 1. The molecule has 3 aromatic heterocycles. The SMILES string of the molecule is CCCCc1nc2c(c(=O)n(CC3CC3)c(=O)n2CC(C)C)n1Cc1ccc(-c2ccccc2-c2nn[nH]n2)cc1. The predicted molar refractivity (Wildman–Crippen MR) is 159 cm³/mol. The minimum atomic E-state index is -0.237. The van der Waals surface area contributed by atoms with E-state index in [9.17, 15) is 9.59 Å². The summed E-state index contributed by atoms with van der Waals surface area (Å²) < 4.78 is 5.24. The second kappa shape index (κ2) is 11.3. The summed E-state index contributed by atoms with van der Waals surface area (Å²) in [5, 5.41) is 14.6. The highest BCUT2D eigenvalue weighted by atomic mass is 16.2. The summed E-state index contributed by atoms with van der Waals surface area (Å²) in [5.41, 5.74) is 4.58. The zero-order valence-corrected chi connectivity index (χ0v) is 23.9. The molecule has 10 heteroatoms. The van der Waals surface area contributed by atoms with E-state index in [0.29, 0.717) is 42.5 Å². The van der Waals surface area contributed by atoms with Gasteiger partial charge in [0, 0.05) is 31.6 Å². The van der Waals surface area contributed by atoms with Gasteiger partial charge in [-0.05, 0) is 53.0 Å². The summed E-state index contributed by atoms with van der Waals surface area (Å²) in [6, 6.07) is 16.3. The fourth-order valence-electron chi connectivity index (χ4n) is 5.46. The van der Waals surface area contributed by atoms with Gasteiger partial charge in [0.1, 0.15) is 5.82 Å². The fourth-order valence-corrected chi connectivity index (χ4v) is 5.46. The number of hydrogen-bond acceptors (Lipinski definition) is 6. The highest BCUT2D eigenvalue weighted by Gasteiger charge is 2.27. The maximum absolute atomic E-state index is 13.9. The van der Waals surface area contributed by atoms with E-state index in [1.54, 1.807) is 4.57 Å². The Kier molecular flexibility index (Phi) is 7.38. The van der Waals surface area contributed by atoms with Crippen LogP contribution in [0.15, 0.2) is 58.1 Å². The Bertz CT molecular complexity index is 1770. The van der Waals surface area contributed by atoms with E-state index in [2.05, 4.69) is 70.2 Å². The maximum atomic E-state index is 13.9. The van der Waals surface area contributed by atoms with Crippen LogP contribution in [0.3, 0.4) is 0 Å². The quantitative estimate of drug-likeness (QED) is 0.255. The molecule has 41 heavy (non-hydrogen) atoms. The first-order chi connectivity index (χ1) is 19.9. The number of imidazole rings is 1. The third-order valence-electron chi connectivity index (χ3n) is 7.75. The monoisotopic (exact) mass is 552 g/mol. The number of benzene rings is 2. The van der Waals surface area contributed by atoms with Crippen molar-refractivity contribution in [3.8, 4) is 22.5 Å². The average molecular weight is 553 g/mol. The van der Waals surface area contributed by atoms with Gasteiger partial charge in [-0.25, -0.2) is 9.78 Å². The van der Waals surface area contributed by atoms with E-state index in [1.807, 2.05) is 24.3 Å². The lowest BCUT2D eigenvalue weighted by Gasteiger charge is -2.14. The van der Waals surface area contributed by atoms with Gasteiger partial charge in [0.15, 0.2) is 11.2 Å². The first kappa shape index (κ1) is 26.9. The average Bonchev–Trinajstić information content (AvgIpc) is 3.49. The Balaban J connectivity index is 1.43. The Morgan fingerprint density at radius 2 is 1.73 bits per heavy atom. The van der Waals surface area contributed by atoms with Gasteiger partial charge in [0.2, 0.25) is 5.82 Å². The van der Waals surface area contributed by atoms with Crippen LogP contribution in [0.2, 0.25) is 0 Å². The van der Waals surface area contributed by atoms with Crippen LogP contribution in [-0.2, 0) is 26.1 Å². The Hall–Kier alpha value is -4.34. The third kappa shape index (κ3) is 5.38. The number of rotatable bonds is 11. The number of H-pyrrole nitrogens is 1. The van der Waals surface area contributed by atoms with E-state index in [1.165, 1.54) is 4.57 Å². The summed E-state index contributed by atoms with van der Waals surface area (Å²) >= 11 is 0. The highest BCUT2D eigenvalue weighted by molar-refractivity contribution is 5.80. The molecule has 1 N–H and O–H groups in total. The van der Waals surface area contributed by atoms with Crippen LogP contribution in [0.5, 0.6) is 0 Å². The van der Waals surface area contributed by atoms with Crippen molar-refractivity contribution in [2.24, 2.45) is 11.8 Å². The molecule has 0 unspecified atom stereocenters. The van der Waals surface area contributed by atoms with Crippen molar-refractivity contribution in [2.45, 2.75) is 72.5 Å². The summed E-state index contributed by atoms with van der Waals surface area (Å²) in [6.07, 6.45) is 4.86. The fraction of sp³-hybridized carbons (Fsp3) is 0.419. The van der Waals surface area contributed by atoms with Crippen LogP contribution in [0.1, 0.15) is 57.8 Å². The first-order valence-electron chi connectivity index (χ1n) is 14.6. The molecule has 0 aliphatic heterocycles. The molecular weight excluding hydrogens is 516 g/mol. The van der Waals surface area contributed by atoms with Crippen LogP contribution < -0.4 is 11.2 Å². The lowest BCUT2D eigenvalue weighted by Crippen LogP contribution is -2.41. The zero-order valence-electron chi connectivity index (χ0n) is 23.9. The van der Waals surface area contributed by atoms with Gasteiger partial charge in [-0.2, -0.15) is 5.21 Å². The molecule has 2 aromatic carbocycles. The number of aryl methyl sites for hydroxylation is 1. The minimum Gasteiger partial charge on any atom is -0.318 e. The lowest BCUT2D eigenvalue weighted by molar-refractivity contribution is 0.477. The second-order valence-electron chi connectivity index (χ2n) is 11.5. The summed E-state index contributed by atoms with van der Waals surface area (Å²) in [7, 11) is 0. The predicted octanol–water partition coefficient (Wildman–Crippen LogP) is 4.66. The third-order valence-corrected chi connectivity index (χ3v) is 7.75. The van der Waals surface area contributed by atoms with Crippen molar-refractivity contribution >= 4 is 11.2 Å². The number of hydrogen-bond donors (Lipinski definition) is 1. The largest absolute Gasteiger partial charge is 0.332 e. The summed E-state index contributed by atoms with van der Waals surface area (Å²) in [6.45, 7) is 7.83. The van der Waals surface area contributed by atoms with Crippen molar-refractivity contribution in [1.82, 2.24) is 39.3 Å². The number of tetrazole rings is 1.